The highest BCUT2D eigenvalue weighted by molar-refractivity contribution is 5.87. The molecule has 132 valence electrons. The number of hydrogen-bond acceptors (Lipinski definition) is 5. The van der Waals surface area contributed by atoms with Gasteiger partial charge in [0.25, 0.3) is 0 Å². The predicted molar refractivity (Wildman–Crippen MR) is 97.2 cm³/mol. The Morgan fingerprint density at radius 1 is 1.12 bits per heavy atom. The second-order valence-electron chi connectivity index (χ2n) is 6.38. The monoisotopic (exact) mass is 349 g/mol. The van der Waals surface area contributed by atoms with Gasteiger partial charge in [-0.3, -0.25) is 5.10 Å². The van der Waals surface area contributed by atoms with Crippen LogP contribution in [0.5, 0.6) is 0 Å². The van der Waals surface area contributed by atoms with Gasteiger partial charge in [-0.05, 0) is 25.0 Å². The third kappa shape index (κ3) is 3.28. The summed E-state index contributed by atoms with van der Waals surface area (Å²) >= 11 is 0. The third-order valence-electron chi connectivity index (χ3n) is 4.74. The van der Waals surface area contributed by atoms with Gasteiger partial charge in [-0.1, -0.05) is 30.3 Å². The van der Waals surface area contributed by atoms with E-state index in [4.69, 9.17) is 5.11 Å². The highest BCUT2D eigenvalue weighted by Crippen LogP contribution is 2.29. The normalized spacial score (nSPS) is 15.2. The molecule has 0 aliphatic carbocycles. The maximum Gasteiger partial charge on any atom is 0.337 e. The number of carboxylic acid groups (broad SMARTS) is 1. The summed E-state index contributed by atoms with van der Waals surface area (Å²) in [6.07, 6.45) is 3.31. The average Bonchev–Trinajstić information content (AvgIpc) is 3.19. The fraction of sp³-hybridized carbons (Fsp3) is 0.263. The number of nitrogens with zero attached hydrogens (tertiary/aromatic N) is 4. The number of H-pyrrole nitrogens is 1. The van der Waals surface area contributed by atoms with Gasteiger partial charge < -0.3 is 10.0 Å². The van der Waals surface area contributed by atoms with Crippen molar-refractivity contribution in [2.75, 3.05) is 18.0 Å². The van der Waals surface area contributed by atoms with Gasteiger partial charge in [-0.25, -0.2) is 14.8 Å². The quantitative estimate of drug-likeness (QED) is 0.752. The first kappa shape index (κ1) is 16.3. The van der Waals surface area contributed by atoms with Crippen molar-refractivity contribution < 1.29 is 9.90 Å². The largest absolute Gasteiger partial charge is 0.478 e. The number of aromatic carboxylic acids is 1. The van der Waals surface area contributed by atoms with E-state index < -0.39 is 5.97 Å². The molecular weight excluding hydrogens is 330 g/mol. The lowest BCUT2D eigenvalue weighted by Crippen LogP contribution is -2.33. The molecule has 4 rings (SSSR count). The van der Waals surface area contributed by atoms with E-state index >= 15 is 0 Å². The molecule has 0 saturated carbocycles. The Morgan fingerprint density at radius 2 is 1.88 bits per heavy atom. The molecule has 2 aromatic heterocycles. The van der Waals surface area contributed by atoms with Crippen molar-refractivity contribution >= 4 is 11.8 Å². The molecule has 3 heterocycles. The fourth-order valence-corrected chi connectivity index (χ4v) is 3.25. The average molecular weight is 349 g/mol. The maximum atomic E-state index is 10.9. The highest BCUT2D eigenvalue weighted by atomic mass is 16.4. The van der Waals surface area contributed by atoms with Crippen LogP contribution in [0.4, 0.5) is 5.82 Å². The number of hydrogen-bond donors (Lipinski definition) is 2. The maximum absolute atomic E-state index is 10.9. The molecule has 1 aliphatic heterocycles. The smallest absolute Gasteiger partial charge is 0.337 e. The molecule has 0 spiro atoms. The highest BCUT2D eigenvalue weighted by Gasteiger charge is 2.24. The second-order valence-corrected chi connectivity index (χ2v) is 6.38. The standard InChI is InChI=1S/C19H19N5O2/c25-19(26)15-6-7-16(20-12-15)24-10-8-14(9-11-24)18-21-17(22-23-18)13-4-2-1-3-5-13/h1-7,12,14H,8-11H2,(H,25,26)(H,21,22,23). The second kappa shape index (κ2) is 6.95. The van der Waals surface area contributed by atoms with Crippen LogP contribution in [0.1, 0.15) is 34.9 Å². The predicted octanol–water partition coefficient (Wildman–Crippen LogP) is 2.95. The Morgan fingerprint density at radius 3 is 2.54 bits per heavy atom. The van der Waals surface area contributed by atoms with Crippen molar-refractivity contribution in [1.29, 1.82) is 0 Å². The van der Waals surface area contributed by atoms with Gasteiger partial charge in [0.15, 0.2) is 5.82 Å². The first-order valence-electron chi connectivity index (χ1n) is 8.63. The Kier molecular flexibility index (Phi) is 4.35. The van der Waals surface area contributed by atoms with E-state index in [1.165, 1.54) is 6.20 Å². The van der Waals surface area contributed by atoms with E-state index in [1.54, 1.807) is 12.1 Å². The van der Waals surface area contributed by atoms with Crippen molar-refractivity contribution in [3.05, 3.63) is 60.0 Å². The number of carboxylic acids is 1. The van der Waals surface area contributed by atoms with Crippen LogP contribution >= 0.6 is 0 Å². The molecule has 1 aromatic carbocycles. The van der Waals surface area contributed by atoms with E-state index in [2.05, 4.69) is 25.1 Å². The minimum atomic E-state index is -0.956. The number of piperidine rings is 1. The first-order chi connectivity index (χ1) is 12.7. The van der Waals surface area contributed by atoms with Crippen LogP contribution in [0.15, 0.2) is 48.7 Å². The zero-order chi connectivity index (χ0) is 17.9. The molecule has 1 saturated heterocycles. The Bertz CT molecular complexity index is 884. The number of pyridine rings is 1. The molecule has 3 aromatic rings. The van der Waals surface area contributed by atoms with Gasteiger partial charge in [0.2, 0.25) is 0 Å². The van der Waals surface area contributed by atoms with Gasteiger partial charge in [0, 0.05) is 30.8 Å². The van der Waals surface area contributed by atoms with Crippen LogP contribution in [-0.2, 0) is 0 Å². The molecule has 26 heavy (non-hydrogen) atoms. The summed E-state index contributed by atoms with van der Waals surface area (Å²) in [6.45, 7) is 1.71. The Balaban J connectivity index is 1.41. The summed E-state index contributed by atoms with van der Waals surface area (Å²) in [5.74, 6) is 1.86. The molecule has 0 atom stereocenters. The van der Waals surface area contributed by atoms with E-state index in [-0.39, 0.29) is 5.56 Å². The van der Waals surface area contributed by atoms with E-state index in [1.807, 2.05) is 30.3 Å². The van der Waals surface area contributed by atoms with Gasteiger partial charge in [-0.2, -0.15) is 5.10 Å². The zero-order valence-electron chi connectivity index (χ0n) is 14.2. The minimum Gasteiger partial charge on any atom is -0.478 e. The van der Waals surface area contributed by atoms with Crippen LogP contribution in [0, 0.1) is 0 Å². The van der Waals surface area contributed by atoms with Gasteiger partial charge >= 0.3 is 5.97 Å². The van der Waals surface area contributed by atoms with E-state index in [0.717, 1.165) is 49.0 Å². The molecule has 2 N–H and O–H groups in total. The Labute approximate surface area is 150 Å². The van der Waals surface area contributed by atoms with Gasteiger partial charge in [0.05, 0.1) is 5.56 Å². The molecule has 7 nitrogen and oxygen atoms in total. The number of aromatic nitrogens is 4. The molecule has 1 fully saturated rings. The summed E-state index contributed by atoms with van der Waals surface area (Å²) in [5.41, 5.74) is 1.22. The van der Waals surface area contributed by atoms with Crippen molar-refractivity contribution in [1.82, 2.24) is 20.2 Å². The van der Waals surface area contributed by atoms with Crippen molar-refractivity contribution in [2.24, 2.45) is 0 Å². The number of anilines is 1. The van der Waals surface area contributed by atoms with Gasteiger partial charge in [-0.15, -0.1) is 0 Å². The molecule has 0 bridgehead atoms. The Hall–Kier alpha value is -3.22. The number of aromatic amines is 1. The van der Waals surface area contributed by atoms with Crippen LogP contribution in [0.3, 0.4) is 0 Å². The molecule has 0 amide bonds. The zero-order valence-corrected chi connectivity index (χ0v) is 14.2. The number of carbonyl (C=O) groups is 1. The number of benzene rings is 1. The number of rotatable bonds is 4. The SMILES string of the molecule is O=C(O)c1ccc(N2CCC(c3nc(-c4ccccc4)n[nH]3)CC2)nc1. The lowest BCUT2D eigenvalue weighted by molar-refractivity contribution is 0.0696. The molecular formula is C19H19N5O2. The molecule has 0 unspecified atom stereocenters. The summed E-state index contributed by atoms with van der Waals surface area (Å²) in [7, 11) is 0. The van der Waals surface area contributed by atoms with Crippen molar-refractivity contribution in [2.45, 2.75) is 18.8 Å². The van der Waals surface area contributed by atoms with E-state index in [9.17, 15) is 4.79 Å². The summed E-state index contributed by atoms with van der Waals surface area (Å²) in [4.78, 5) is 22.0. The van der Waals surface area contributed by atoms with E-state index in [0.29, 0.717) is 5.92 Å². The lowest BCUT2D eigenvalue weighted by Gasteiger charge is -2.31. The summed E-state index contributed by atoms with van der Waals surface area (Å²) < 4.78 is 0. The van der Waals surface area contributed by atoms with Crippen LogP contribution in [0.25, 0.3) is 11.4 Å². The molecule has 0 radical (unpaired) electrons. The van der Waals surface area contributed by atoms with Crippen LogP contribution in [-0.4, -0.2) is 44.3 Å². The first-order valence-corrected chi connectivity index (χ1v) is 8.63. The van der Waals surface area contributed by atoms with Crippen molar-refractivity contribution in [3.8, 4) is 11.4 Å². The van der Waals surface area contributed by atoms with Crippen molar-refractivity contribution in [3.63, 3.8) is 0 Å². The fourth-order valence-electron chi connectivity index (χ4n) is 3.25. The number of nitrogens with one attached hydrogen (secondary N) is 1. The van der Waals surface area contributed by atoms with Crippen LogP contribution < -0.4 is 4.90 Å². The topological polar surface area (TPSA) is 95.0 Å². The summed E-state index contributed by atoms with van der Waals surface area (Å²) in [5, 5.41) is 16.4. The third-order valence-corrected chi connectivity index (χ3v) is 4.74. The minimum absolute atomic E-state index is 0.207. The van der Waals surface area contributed by atoms with Crippen LogP contribution in [0.2, 0.25) is 0 Å². The lowest BCUT2D eigenvalue weighted by atomic mass is 9.96. The van der Waals surface area contributed by atoms with Gasteiger partial charge in [0.1, 0.15) is 11.6 Å². The summed E-state index contributed by atoms with van der Waals surface area (Å²) in [6, 6.07) is 13.3. The molecule has 1 aliphatic rings. The molecule has 7 heteroatoms.